The highest BCUT2D eigenvalue weighted by Gasteiger charge is 2.37. The zero-order chi connectivity index (χ0) is 19.1. The molecule has 2 aliphatic heterocycles. The van der Waals surface area contributed by atoms with Gasteiger partial charge in [-0.1, -0.05) is 18.2 Å². The standard InChI is InChI=1S/C22H24N4O2/c1-25-17-10-15(11-18(25)14-28-13-17)24-22(27)20-12-26(16-6-8-23-9-7-16)21-5-3-2-4-19(20)21/h2-9,12,15,17-18H,10-11,13-14H2,1H3,(H,24,27)/t15-,17-,18+. The van der Waals surface area contributed by atoms with Gasteiger partial charge in [0.1, 0.15) is 0 Å². The first-order chi connectivity index (χ1) is 13.7. The molecule has 2 aromatic heterocycles. The highest BCUT2D eigenvalue weighted by atomic mass is 16.5. The van der Waals surface area contributed by atoms with Gasteiger partial charge in [-0.2, -0.15) is 0 Å². The van der Waals surface area contributed by atoms with E-state index in [0.29, 0.717) is 17.6 Å². The molecule has 0 unspecified atom stereocenters. The molecule has 3 aromatic rings. The predicted octanol–water partition coefficient (Wildman–Crippen LogP) is 2.62. The third-order valence-corrected chi connectivity index (χ3v) is 6.12. The largest absolute Gasteiger partial charge is 0.378 e. The number of benzene rings is 1. The van der Waals surface area contributed by atoms with Crippen LogP contribution in [0.2, 0.25) is 0 Å². The van der Waals surface area contributed by atoms with E-state index in [-0.39, 0.29) is 11.9 Å². The number of piperidine rings is 1. The van der Waals surface area contributed by atoms with Crippen molar-refractivity contribution >= 4 is 16.8 Å². The van der Waals surface area contributed by atoms with Crippen molar-refractivity contribution in [2.45, 2.75) is 31.0 Å². The zero-order valence-electron chi connectivity index (χ0n) is 15.9. The second-order valence-electron chi connectivity index (χ2n) is 7.79. The molecule has 0 aliphatic carbocycles. The van der Waals surface area contributed by atoms with Crippen LogP contribution in [0, 0.1) is 0 Å². The van der Waals surface area contributed by atoms with Crippen LogP contribution >= 0.6 is 0 Å². The highest BCUT2D eigenvalue weighted by molar-refractivity contribution is 6.07. The molecule has 0 spiro atoms. The van der Waals surface area contributed by atoms with Crippen LogP contribution in [0.5, 0.6) is 0 Å². The van der Waals surface area contributed by atoms with E-state index in [1.165, 1.54) is 0 Å². The molecule has 3 atom stereocenters. The van der Waals surface area contributed by atoms with Gasteiger partial charge in [0.05, 0.1) is 24.3 Å². The Kier molecular flexibility index (Phi) is 4.37. The van der Waals surface area contributed by atoms with Crippen LogP contribution in [-0.4, -0.2) is 58.7 Å². The summed E-state index contributed by atoms with van der Waals surface area (Å²) >= 11 is 0. The van der Waals surface area contributed by atoms with Crippen LogP contribution in [0.3, 0.4) is 0 Å². The van der Waals surface area contributed by atoms with E-state index >= 15 is 0 Å². The van der Waals surface area contributed by atoms with E-state index in [1.807, 2.05) is 42.6 Å². The van der Waals surface area contributed by atoms with Crippen molar-refractivity contribution in [1.82, 2.24) is 19.8 Å². The summed E-state index contributed by atoms with van der Waals surface area (Å²) in [4.78, 5) is 19.7. The number of nitrogens with zero attached hydrogens (tertiary/aromatic N) is 3. The smallest absolute Gasteiger partial charge is 0.253 e. The lowest BCUT2D eigenvalue weighted by Crippen LogP contribution is -2.59. The predicted molar refractivity (Wildman–Crippen MR) is 108 cm³/mol. The lowest BCUT2D eigenvalue weighted by molar-refractivity contribution is -0.0670. The Morgan fingerprint density at radius 2 is 1.82 bits per heavy atom. The lowest BCUT2D eigenvalue weighted by Gasteiger charge is -2.46. The number of hydrogen-bond acceptors (Lipinski definition) is 4. The van der Waals surface area contributed by atoms with E-state index in [1.54, 1.807) is 12.4 Å². The molecule has 2 aliphatic rings. The van der Waals surface area contributed by atoms with Gasteiger partial charge in [-0.25, -0.2) is 0 Å². The molecule has 4 heterocycles. The monoisotopic (exact) mass is 376 g/mol. The minimum absolute atomic E-state index is 0.00227. The number of fused-ring (bicyclic) bond motifs is 3. The van der Waals surface area contributed by atoms with Crippen molar-refractivity contribution in [3.05, 3.63) is 60.6 Å². The summed E-state index contributed by atoms with van der Waals surface area (Å²) in [7, 11) is 2.16. The van der Waals surface area contributed by atoms with E-state index in [0.717, 1.165) is 42.6 Å². The van der Waals surface area contributed by atoms with Gasteiger partial charge < -0.3 is 14.6 Å². The third-order valence-electron chi connectivity index (χ3n) is 6.12. The maximum atomic E-state index is 13.2. The first-order valence-electron chi connectivity index (χ1n) is 9.82. The maximum Gasteiger partial charge on any atom is 0.253 e. The normalized spacial score (nSPS) is 25.0. The maximum absolute atomic E-state index is 13.2. The fraction of sp³-hybridized carbons (Fsp3) is 0.364. The van der Waals surface area contributed by atoms with Gasteiger partial charge in [-0.05, 0) is 38.1 Å². The summed E-state index contributed by atoms with van der Waals surface area (Å²) in [6.45, 7) is 1.50. The van der Waals surface area contributed by atoms with Crippen molar-refractivity contribution < 1.29 is 9.53 Å². The van der Waals surface area contributed by atoms with Gasteiger partial charge in [0.15, 0.2) is 0 Å². The molecule has 2 bridgehead atoms. The molecule has 6 nitrogen and oxygen atoms in total. The molecule has 1 aromatic carbocycles. The second kappa shape index (κ2) is 7.04. The Hall–Kier alpha value is -2.70. The molecule has 0 radical (unpaired) electrons. The Bertz CT molecular complexity index is 986. The van der Waals surface area contributed by atoms with E-state index in [2.05, 4.69) is 26.8 Å². The number of rotatable bonds is 3. The van der Waals surface area contributed by atoms with Crippen LogP contribution in [0.1, 0.15) is 23.2 Å². The summed E-state index contributed by atoms with van der Waals surface area (Å²) in [6, 6.07) is 12.9. The van der Waals surface area contributed by atoms with Gasteiger partial charge >= 0.3 is 0 Å². The van der Waals surface area contributed by atoms with Crippen LogP contribution in [0.4, 0.5) is 0 Å². The average molecular weight is 376 g/mol. The fourth-order valence-corrected chi connectivity index (χ4v) is 4.55. The summed E-state index contributed by atoms with van der Waals surface area (Å²) in [6.07, 6.45) is 7.34. The molecule has 28 heavy (non-hydrogen) atoms. The summed E-state index contributed by atoms with van der Waals surface area (Å²) in [5.41, 5.74) is 2.73. The second-order valence-corrected chi connectivity index (χ2v) is 7.79. The quantitative estimate of drug-likeness (QED) is 0.763. The van der Waals surface area contributed by atoms with Gasteiger partial charge in [0, 0.05) is 47.8 Å². The van der Waals surface area contributed by atoms with Crippen LogP contribution in [0.25, 0.3) is 16.6 Å². The molecule has 1 N–H and O–H groups in total. The lowest BCUT2D eigenvalue weighted by atomic mass is 9.90. The van der Waals surface area contributed by atoms with Gasteiger partial charge in [0.25, 0.3) is 5.91 Å². The molecule has 2 fully saturated rings. The summed E-state index contributed by atoms with van der Waals surface area (Å²) in [5, 5.41) is 4.26. The van der Waals surface area contributed by atoms with Gasteiger partial charge in [0.2, 0.25) is 0 Å². The first kappa shape index (κ1) is 17.4. The number of amides is 1. The number of morpholine rings is 1. The van der Waals surface area contributed by atoms with Crippen molar-refractivity contribution in [2.75, 3.05) is 20.3 Å². The number of pyridine rings is 1. The minimum atomic E-state index is -0.00227. The van der Waals surface area contributed by atoms with Crippen molar-refractivity contribution in [3.8, 4) is 5.69 Å². The number of carbonyl (C=O) groups excluding carboxylic acids is 1. The van der Waals surface area contributed by atoms with Crippen LogP contribution in [0.15, 0.2) is 55.0 Å². The number of hydrogen-bond donors (Lipinski definition) is 1. The van der Waals surface area contributed by atoms with E-state index < -0.39 is 0 Å². The molecule has 1 amide bonds. The SMILES string of the molecule is CN1[C@@H]2COC[C@H]1C[C@@H](NC(=O)c1cn(-c3ccncc3)c3ccccc13)C2. The number of aromatic nitrogens is 2. The van der Waals surface area contributed by atoms with Crippen molar-refractivity contribution in [2.24, 2.45) is 0 Å². The molecule has 2 saturated heterocycles. The number of ether oxygens (including phenoxy) is 1. The third kappa shape index (κ3) is 2.99. The number of carbonyl (C=O) groups is 1. The Morgan fingerprint density at radius 1 is 1.11 bits per heavy atom. The Balaban J connectivity index is 1.44. The van der Waals surface area contributed by atoms with E-state index in [9.17, 15) is 4.79 Å². The van der Waals surface area contributed by atoms with Crippen LogP contribution in [-0.2, 0) is 4.74 Å². The molecule has 0 saturated carbocycles. The zero-order valence-corrected chi connectivity index (χ0v) is 15.9. The average Bonchev–Trinajstić information content (AvgIpc) is 3.09. The fourth-order valence-electron chi connectivity index (χ4n) is 4.55. The molecular formula is C22H24N4O2. The molecule has 6 heteroatoms. The Labute approximate surface area is 164 Å². The highest BCUT2D eigenvalue weighted by Crippen LogP contribution is 2.28. The molecule has 5 rings (SSSR count). The minimum Gasteiger partial charge on any atom is -0.378 e. The number of likely N-dealkylation sites (N-methyl/N-ethyl adjacent to an activating group) is 1. The van der Waals surface area contributed by atoms with Crippen molar-refractivity contribution in [3.63, 3.8) is 0 Å². The summed E-state index contributed by atoms with van der Waals surface area (Å²) < 4.78 is 7.75. The van der Waals surface area contributed by atoms with Crippen LogP contribution < -0.4 is 5.32 Å². The topological polar surface area (TPSA) is 59.4 Å². The van der Waals surface area contributed by atoms with E-state index in [4.69, 9.17) is 4.74 Å². The number of nitrogens with one attached hydrogen (secondary N) is 1. The summed E-state index contributed by atoms with van der Waals surface area (Å²) in [5.74, 6) is -0.00227. The number of para-hydroxylation sites is 1. The molecular weight excluding hydrogens is 352 g/mol. The van der Waals surface area contributed by atoms with Gasteiger partial charge in [-0.15, -0.1) is 0 Å². The van der Waals surface area contributed by atoms with Crippen molar-refractivity contribution in [1.29, 1.82) is 0 Å². The Morgan fingerprint density at radius 3 is 2.57 bits per heavy atom. The first-order valence-corrected chi connectivity index (χ1v) is 9.82. The van der Waals surface area contributed by atoms with Gasteiger partial charge in [-0.3, -0.25) is 14.7 Å². The molecule has 144 valence electrons.